The van der Waals surface area contributed by atoms with Gasteiger partial charge in [-0.3, -0.25) is 0 Å². The normalized spacial score (nSPS) is 45.0. The molecule has 4 aliphatic carbocycles. The first-order valence-corrected chi connectivity index (χ1v) is 13.2. The fourth-order valence-electron chi connectivity index (χ4n) is 9.08. The Kier molecular flexibility index (Phi) is 6.35. The number of allylic oxidation sites excluding steroid dienone is 2. The maximum atomic E-state index is 10.2. The van der Waals surface area contributed by atoms with Crippen molar-refractivity contribution in [1.82, 2.24) is 0 Å². The zero-order valence-corrected chi connectivity index (χ0v) is 20.6. The molecule has 170 valence electrons. The summed E-state index contributed by atoms with van der Waals surface area (Å²) in [7, 11) is 0. The molecule has 0 spiro atoms. The molecule has 3 saturated carbocycles. The summed E-state index contributed by atoms with van der Waals surface area (Å²) in [6.45, 7) is 16.6. The van der Waals surface area contributed by atoms with E-state index in [-0.39, 0.29) is 6.10 Å². The van der Waals surface area contributed by atoms with E-state index in [1.807, 2.05) is 0 Å². The highest BCUT2D eigenvalue weighted by Gasteiger charge is 2.59. The second-order valence-electron chi connectivity index (χ2n) is 12.4. The highest BCUT2D eigenvalue weighted by molar-refractivity contribution is 5.25. The molecule has 1 unspecified atom stereocenters. The van der Waals surface area contributed by atoms with E-state index in [2.05, 4.69) is 47.3 Å². The molecule has 1 N–H and O–H groups in total. The third-order valence-electron chi connectivity index (χ3n) is 11.0. The molecule has 0 saturated heterocycles. The van der Waals surface area contributed by atoms with E-state index >= 15 is 0 Å². The van der Waals surface area contributed by atoms with Crippen LogP contribution in [0.5, 0.6) is 0 Å². The van der Waals surface area contributed by atoms with E-state index < -0.39 is 0 Å². The van der Waals surface area contributed by atoms with Gasteiger partial charge in [-0.2, -0.15) is 0 Å². The number of hydrogen-bond acceptors (Lipinski definition) is 1. The van der Waals surface area contributed by atoms with Crippen LogP contribution in [0, 0.1) is 46.3 Å². The van der Waals surface area contributed by atoms with Crippen molar-refractivity contribution in [2.75, 3.05) is 0 Å². The van der Waals surface area contributed by atoms with Gasteiger partial charge in [0, 0.05) is 0 Å². The molecule has 0 aromatic heterocycles. The summed E-state index contributed by atoms with van der Waals surface area (Å²) in [6.07, 6.45) is 16.7. The van der Waals surface area contributed by atoms with Gasteiger partial charge in [-0.1, -0.05) is 51.5 Å². The van der Waals surface area contributed by atoms with E-state index in [1.165, 1.54) is 63.4 Å². The molecule has 0 bridgehead atoms. The molecule has 0 radical (unpaired) electrons. The van der Waals surface area contributed by atoms with Crippen LogP contribution in [0.2, 0.25) is 0 Å². The lowest BCUT2D eigenvalue weighted by Gasteiger charge is -2.58. The Bertz CT molecular complexity index is 676. The quantitative estimate of drug-likeness (QED) is 0.439. The van der Waals surface area contributed by atoms with Gasteiger partial charge in [0.05, 0.1) is 6.10 Å². The van der Waals surface area contributed by atoms with Crippen molar-refractivity contribution in [3.63, 3.8) is 0 Å². The Morgan fingerprint density at radius 3 is 2.60 bits per heavy atom. The van der Waals surface area contributed by atoms with E-state index in [1.54, 1.807) is 5.57 Å². The van der Waals surface area contributed by atoms with Crippen LogP contribution in [0.3, 0.4) is 0 Å². The van der Waals surface area contributed by atoms with Gasteiger partial charge in [0.15, 0.2) is 0 Å². The van der Waals surface area contributed by atoms with Crippen LogP contribution in [0.1, 0.15) is 105 Å². The summed E-state index contributed by atoms with van der Waals surface area (Å²) >= 11 is 0. The van der Waals surface area contributed by atoms with Crippen molar-refractivity contribution in [1.29, 1.82) is 0 Å². The molecule has 3 fully saturated rings. The monoisotopic (exact) mass is 412 g/mol. The van der Waals surface area contributed by atoms with Crippen LogP contribution in [0.15, 0.2) is 23.8 Å². The van der Waals surface area contributed by atoms with E-state index in [4.69, 9.17) is 0 Å². The molecule has 0 aliphatic heterocycles. The Balaban J connectivity index is 1.48. The zero-order chi connectivity index (χ0) is 21.7. The molecule has 4 rings (SSSR count). The van der Waals surface area contributed by atoms with Crippen molar-refractivity contribution in [2.24, 2.45) is 46.3 Å². The molecule has 0 aromatic carbocycles. The highest BCUT2D eigenvalue weighted by Crippen LogP contribution is 2.67. The van der Waals surface area contributed by atoms with Crippen LogP contribution in [-0.2, 0) is 0 Å². The lowest BCUT2D eigenvalue weighted by molar-refractivity contribution is -0.0574. The van der Waals surface area contributed by atoms with Gasteiger partial charge in [-0.05, 0) is 124 Å². The summed E-state index contributed by atoms with van der Waals surface area (Å²) in [5, 5.41) is 10.2. The number of rotatable bonds is 6. The van der Waals surface area contributed by atoms with E-state index in [0.29, 0.717) is 10.8 Å². The largest absolute Gasteiger partial charge is 0.393 e. The first-order valence-electron chi connectivity index (χ1n) is 13.2. The minimum Gasteiger partial charge on any atom is -0.393 e. The molecule has 0 aromatic rings. The Morgan fingerprint density at radius 1 is 1.13 bits per heavy atom. The minimum absolute atomic E-state index is 0.0856. The van der Waals surface area contributed by atoms with Gasteiger partial charge in [0.2, 0.25) is 0 Å². The van der Waals surface area contributed by atoms with Gasteiger partial charge in [-0.15, -0.1) is 0 Å². The molecular weight excluding hydrogens is 364 g/mol. The second kappa shape index (κ2) is 8.42. The maximum Gasteiger partial charge on any atom is 0.0577 e. The second-order valence-corrected chi connectivity index (χ2v) is 12.4. The first-order chi connectivity index (χ1) is 14.2. The molecule has 30 heavy (non-hydrogen) atoms. The smallest absolute Gasteiger partial charge is 0.0577 e. The van der Waals surface area contributed by atoms with Crippen LogP contribution < -0.4 is 0 Å². The van der Waals surface area contributed by atoms with Crippen LogP contribution >= 0.6 is 0 Å². The Morgan fingerprint density at radius 2 is 1.90 bits per heavy atom. The average Bonchev–Trinajstić information content (AvgIpc) is 3.06. The fourth-order valence-corrected chi connectivity index (χ4v) is 9.08. The van der Waals surface area contributed by atoms with Crippen molar-refractivity contribution < 1.29 is 5.11 Å². The summed E-state index contributed by atoms with van der Waals surface area (Å²) in [5.41, 5.74) is 3.93. The molecular formula is C29H48O. The van der Waals surface area contributed by atoms with Crippen molar-refractivity contribution in [3.05, 3.63) is 23.8 Å². The van der Waals surface area contributed by atoms with E-state index in [0.717, 1.165) is 48.3 Å². The molecule has 0 amide bonds. The fraction of sp³-hybridized carbons (Fsp3) is 0.862. The van der Waals surface area contributed by atoms with Crippen LogP contribution in [0.4, 0.5) is 0 Å². The standard InChI is InChI=1S/C29H48O/c1-7-21(19(2)3)9-8-20(4)25-12-13-26-24-11-10-22-18-23(30)14-16-28(22,5)27(24)15-17-29(25,26)6/h10,20-21,23-27,30H,2,7-9,11-18H2,1,3-6H3/t20-,21?,23+,24+,25-,26+,27+,28+,29-/m1/s1. The summed E-state index contributed by atoms with van der Waals surface area (Å²) in [6, 6.07) is 0. The Labute approximate surface area is 186 Å². The van der Waals surface area contributed by atoms with Gasteiger partial charge >= 0.3 is 0 Å². The molecule has 4 aliphatic rings. The van der Waals surface area contributed by atoms with Gasteiger partial charge in [0.1, 0.15) is 0 Å². The predicted octanol–water partition coefficient (Wildman–Crippen LogP) is 7.94. The molecule has 1 nitrogen and oxygen atoms in total. The summed E-state index contributed by atoms with van der Waals surface area (Å²) < 4.78 is 0. The van der Waals surface area contributed by atoms with E-state index in [9.17, 15) is 5.11 Å². The number of aliphatic hydroxyl groups excluding tert-OH is 1. The van der Waals surface area contributed by atoms with Crippen molar-refractivity contribution in [2.45, 2.75) is 111 Å². The van der Waals surface area contributed by atoms with Crippen LogP contribution in [0.25, 0.3) is 0 Å². The molecule has 1 heteroatoms. The lowest BCUT2D eigenvalue weighted by Crippen LogP contribution is -2.50. The zero-order valence-electron chi connectivity index (χ0n) is 20.6. The summed E-state index contributed by atoms with van der Waals surface area (Å²) in [5.74, 6) is 5.16. The van der Waals surface area contributed by atoms with Gasteiger partial charge < -0.3 is 5.11 Å². The van der Waals surface area contributed by atoms with Crippen molar-refractivity contribution >= 4 is 0 Å². The minimum atomic E-state index is -0.0856. The SMILES string of the molecule is C=C(C)C(CC)CC[C@@H](C)[C@H]1CC[C@H]2[C@@H]3CC=C4C[C@@H](O)CC[C@]4(C)[C@H]3CC[C@]12C. The number of hydrogen-bond donors (Lipinski definition) is 1. The summed E-state index contributed by atoms with van der Waals surface area (Å²) in [4.78, 5) is 0. The third-order valence-corrected chi connectivity index (χ3v) is 11.0. The topological polar surface area (TPSA) is 20.2 Å². The van der Waals surface area contributed by atoms with Crippen LogP contribution in [-0.4, -0.2) is 11.2 Å². The Hall–Kier alpha value is -0.560. The number of fused-ring (bicyclic) bond motifs is 5. The molecule has 0 heterocycles. The van der Waals surface area contributed by atoms with Gasteiger partial charge in [0.25, 0.3) is 0 Å². The number of aliphatic hydroxyl groups is 1. The first kappa shape index (κ1) is 22.6. The molecule has 9 atom stereocenters. The third kappa shape index (κ3) is 3.66. The average molecular weight is 413 g/mol. The van der Waals surface area contributed by atoms with Gasteiger partial charge in [-0.25, -0.2) is 0 Å². The predicted molar refractivity (Wildman–Crippen MR) is 128 cm³/mol. The maximum absolute atomic E-state index is 10.2. The van der Waals surface area contributed by atoms with Crippen molar-refractivity contribution in [3.8, 4) is 0 Å². The lowest BCUT2D eigenvalue weighted by atomic mass is 9.47. The highest BCUT2D eigenvalue weighted by atomic mass is 16.3.